The van der Waals surface area contributed by atoms with Crippen molar-refractivity contribution in [3.63, 3.8) is 0 Å². The van der Waals surface area contributed by atoms with Gasteiger partial charge in [0.05, 0.1) is 14.1 Å². The van der Waals surface area contributed by atoms with E-state index >= 15 is 0 Å². The molecule has 0 aromatic heterocycles. The van der Waals surface area contributed by atoms with E-state index in [1.54, 1.807) is 0 Å². The molecule has 1 aromatic rings. The summed E-state index contributed by atoms with van der Waals surface area (Å²) in [6.45, 7) is 8.66. The molecule has 0 saturated heterocycles. The summed E-state index contributed by atoms with van der Waals surface area (Å²) in [6.07, 6.45) is 1.15. The Labute approximate surface area is 118 Å². The second-order valence-corrected chi connectivity index (χ2v) is 5.52. The van der Waals surface area contributed by atoms with Gasteiger partial charge in [-0.3, -0.25) is 0 Å². The zero-order chi connectivity index (χ0) is 14.1. The summed E-state index contributed by atoms with van der Waals surface area (Å²) in [6, 6.07) is 8.43. The standard InChI is InChI=1S/C16H28N2O/c1-5-14(2)15-8-6-7-9-16(15)19-13-11-17-10-12-18(3)4/h6-9,14,17H,5,10-13H2,1-4H3/p+2/t14-/m0/s1. The Morgan fingerprint density at radius 3 is 2.63 bits per heavy atom. The van der Waals surface area contributed by atoms with Crippen LogP contribution in [0.15, 0.2) is 24.3 Å². The molecule has 0 aliphatic heterocycles. The number of nitrogens with two attached hydrogens (primary N) is 1. The van der Waals surface area contributed by atoms with Gasteiger partial charge >= 0.3 is 0 Å². The summed E-state index contributed by atoms with van der Waals surface area (Å²) in [4.78, 5) is 1.50. The normalized spacial score (nSPS) is 12.7. The second kappa shape index (κ2) is 8.94. The minimum atomic E-state index is 0.567. The lowest BCUT2D eigenvalue weighted by molar-refractivity contribution is -0.874. The first-order valence-electron chi connectivity index (χ1n) is 7.47. The first-order valence-corrected chi connectivity index (χ1v) is 7.47. The minimum absolute atomic E-state index is 0.567. The molecule has 0 aliphatic carbocycles. The van der Waals surface area contributed by atoms with Gasteiger partial charge in [0.25, 0.3) is 0 Å². The van der Waals surface area contributed by atoms with Crippen LogP contribution in [0.5, 0.6) is 5.75 Å². The smallest absolute Gasteiger partial charge is 0.137 e. The third kappa shape index (κ3) is 6.08. The first-order chi connectivity index (χ1) is 9.15. The molecule has 0 fully saturated rings. The van der Waals surface area contributed by atoms with Crippen LogP contribution >= 0.6 is 0 Å². The van der Waals surface area contributed by atoms with Crippen LogP contribution in [-0.2, 0) is 0 Å². The summed E-state index contributed by atoms with van der Waals surface area (Å²) >= 11 is 0. The highest BCUT2D eigenvalue weighted by Crippen LogP contribution is 2.28. The zero-order valence-electron chi connectivity index (χ0n) is 12.9. The average molecular weight is 266 g/mol. The molecule has 0 saturated carbocycles. The van der Waals surface area contributed by atoms with E-state index in [1.165, 1.54) is 23.6 Å². The van der Waals surface area contributed by atoms with Crippen LogP contribution in [0.2, 0.25) is 0 Å². The van der Waals surface area contributed by atoms with Crippen molar-refractivity contribution in [3.8, 4) is 5.75 Å². The molecule has 1 atom stereocenters. The van der Waals surface area contributed by atoms with Crippen molar-refractivity contribution in [3.05, 3.63) is 29.8 Å². The lowest BCUT2D eigenvalue weighted by atomic mass is 9.98. The molecule has 3 nitrogen and oxygen atoms in total. The van der Waals surface area contributed by atoms with Crippen LogP contribution < -0.4 is 15.0 Å². The Morgan fingerprint density at radius 2 is 1.95 bits per heavy atom. The van der Waals surface area contributed by atoms with Crippen molar-refractivity contribution in [2.75, 3.05) is 40.3 Å². The van der Waals surface area contributed by atoms with Crippen molar-refractivity contribution in [1.29, 1.82) is 0 Å². The quantitative estimate of drug-likeness (QED) is 0.618. The third-order valence-corrected chi connectivity index (χ3v) is 3.49. The monoisotopic (exact) mass is 266 g/mol. The molecule has 0 bridgehead atoms. The molecule has 108 valence electrons. The molecule has 0 aliphatic rings. The summed E-state index contributed by atoms with van der Waals surface area (Å²) in [7, 11) is 4.37. The van der Waals surface area contributed by atoms with Gasteiger partial charge in [-0.1, -0.05) is 32.0 Å². The predicted octanol–water partition coefficient (Wildman–Crippen LogP) is 0.287. The van der Waals surface area contributed by atoms with Crippen molar-refractivity contribution in [2.45, 2.75) is 26.2 Å². The highest BCUT2D eigenvalue weighted by Gasteiger charge is 2.09. The Hall–Kier alpha value is -1.06. The number of rotatable bonds is 9. The molecule has 0 heterocycles. The van der Waals surface area contributed by atoms with Gasteiger partial charge < -0.3 is 15.0 Å². The largest absolute Gasteiger partial charge is 0.487 e. The molecule has 3 heteroatoms. The van der Waals surface area contributed by atoms with Gasteiger partial charge in [-0.15, -0.1) is 0 Å². The Balaban J connectivity index is 2.33. The van der Waals surface area contributed by atoms with Gasteiger partial charge in [0.2, 0.25) is 0 Å². The minimum Gasteiger partial charge on any atom is -0.487 e. The van der Waals surface area contributed by atoms with E-state index in [-0.39, 0.29) is 0 Å². The molecular formula is C16H30N2O+2. The number of quaternary nitrogens is 2. The van der Waals surface area contributed by atoms with E-state index in [1.807, 2.05) is 0 Å². The maximum atomic E-state index is 5.93. The Bertz CT molecular complexity index is 352. The van der Waals surface area contributed by atoms with Crippen LogP contribution in [0.1, 0.15) is 31.7 Å². The fraction of sp³-hybridized carbons (Fsp3) is 0.625. The molecule has 0 unspecified atom stereocenters. The summed E-state index contributed by atoms with van der Waals surface area (Å²) in [5.41, 5.74) is 1.34. The topological polar surface area (TPSA) is 30.3 Å². The highest BCUT2D eigenvalue weighted by atomic mass is 16.5. The number of benzene rings is 1. The van der Waals surface area contributed by atoms with Crippen LogP contribution in [0.25, 0.3) is 0 Å². The number of para-hydroxylation sites is 1. The summed E-state index contributed by atoms with van der Waals surface area (Å²) in [5.74, 6) is 1.63. The maximum absolute atomic E-state index is 5.93. The molecule has 0 radical (unpaired) electrons. The van der Waals surface area contributed by atoms with Crippen molar-refractivity contribution in [1.82, 2.24) is 0 Å². The zero-order valence-corrected chi connectivity index (χ0v) is 12.9. The number of hydrogen-bond donors (Lipinski definition) is 2. The lowest BCUT2D eigenvalue weighted by Crippen LogP contribution is -3.09. The molecule has 0 spiro atoms. The average Bonchev–Trinajstić information content (AvgIpc) is 2.42. The fourth-order valence-corrected chi connectivity index (χ4v) is 2.03. The van der Waals surface area contributed by atoms with Gasteiger partial charge in [0.1, 0.15) is 32.0 Å². The number of likely N-dealkylation sites (N-methyl/N-ethyl adjacent to an activating group) is 1. The van der Waals surface area contributed by atoms with Crippen LogP contribution in [0.3, 0.4) is 0 Å². The lowest BCUT2D eigenvalue weighted by Gasteiger charge is -2.15. The summed E-state index contributed by atoms with van der Waals surface area (Å²) in [5, 5.41) is 2.33. The second-order valence-electron chi connectivity index (χ2n) is 5.52. The molecule has 19 heavy (non-hydrogen) atoms. The number of ether oxygens (including phenoxy) is 1. The molecular weight excluding hydrogens is 236 g/mol. The van der Waals surface area contributed by atoms with Crippen LogP contribution in [0.4, 0.5) is 0 Å². The van der Waals surface area contributed by atoms with E-state index in [0.717, 1.165) is 25.3 Å². The Morgan fingerprint density at radius 1 is 1.21 bits per heavy atom. The van der Waals surface area contributed by atoms with Crippen molar-refractivity contribution >= 4 is 0 Å². The predicted molar refractivity (Wildman–Crippen MR) is 80.0 cm³/mol. The number of hydrogen-bond acceptors (Lipinski definition) is 1. The van der Waals surface area contributed by atoms with E-state index < -0.39 is 0 Å². The van der Waals surface area contributed by atoms with E-state index in [0.29, 0.717) is 5.92 Å². The fourth-order valence-electron chi connectivity index (χ4n) is 2.03. The van der Waals surface area contributed by atoms with E-state index in [4.69, 9.17) is 4.74 Å². The van der Waals surface area contributed by atoms with E-state index in [2.05, 4.69) is 57.5 Å². The van der Waals surface area contributed by atoms with Gasteiger partial charge in [-0.2, -0.15) is 0 Å². The molecule has 1 rings (SSSR count). The van der Waals surface area contributed by atoms with Crippen LogP contribution in [0, 0.1) is 0 Å². The molecule has 3 N–H and O–H groups in total. The van der Waals surface area contributed by atoms with Gasteiger partial charge in [-0.05, 0) is 24.0 Å². The van der Waals surface area contributed by atoms with Gasteiger partial charge in [0, 0.05) is 0 Å². The SMILES string of the molecule is CC[C@H](C)c1ccccc1OCC[NH2+]CC[NH+](C)C. The van der Waals surface area contributed by atoms with Gasteiger partial charge in [0.15, 0.2) is 0 Å². The molecule has 0 amide bonds. The van der Waals surface area contributed by atoms with E-state index in [9.17, 15) is 0 Å². The first kappa shape index (κ1) is 16.0. The summed E-state index contributed by atoms with van der Waals surface area (Å²) < 4.78 is 5.93. The number of nitrogens with one attached hydrogen (secondary N) is 1. The van der Waals surface area contributed by atoms with Crippen molar-refractivity contribution in [2.24, 2.45) is 0 Å². The van der Waals surface area contributed by atoms with Crippen molar-refractivity contribution < 1.29 is 15.0 Å². The highest BCUT2D eigenvalue weighted by molar-refractivity contribution is 5.35. The Kier molecular flexibility index (Phi) is 7.53. The van der Waals surface area contributed by atoms with Crippen LogP contribution in [-0.4, -0.2) is 40.3 Å². The third-order valence-electron chi connectivity index (χ3n) is 3.49. The molecule has 1 aromatic carbocycles. The van der Waals surface area contributed by atoms with Gasteiger partial charge in [-0.25, -0.2) is 0 Å². The maximum Gasteiger partial charge on any atom is 0.137 e.